The van der Waals surface area contributed by atoms with E-state index in [0.29, 0.717) is 12.4 Å². The van der Waals surface area contributed by atoms with Gasteiger partial charge in [-0.3, -0.25) is 0 Å². The predicted octanol–water partition coefficient (Wildman–Crippen LogP) is -0.710. The zero-order chi connectivity index (χ0) is 8.27. The Kier molecular flexibility index (Phi) is 2.56. The first-order chi connectivity index (χ1) is 5.29. The molecular weight excluding hydrogens is 144 g/mol. The number of aromatic nitrogens is 3. The van der Waals surface area contributed by atoms with E-state index in [0.717, 1.165) is 0 Å². The van der Waals surface area contributed by atoms with Gasteiger partial charge in [0, 0.05) is 13.1 Å². The highest BCUT2D eigenvalue weighted by molar-refractivity contribution is 4.90. The number of hydrogen-bond donors (Lipinski definition) is 2. The Bertz CT molecular complexity index is 222. The van der Waals surface area contributed by atoms with E-state index in [1.807, 2.05) is 6.92 Å². The van der Waals surface area contributed by atoms with Crippen molar-refractivity contribution in [1.29, 1.82) is 0 Å². The van der Waals surface area contributed by atoms with Gasteiger partial charge < -0.3 is 10.8 Å². The van der Waals surface area contributed by atoms with Gasteiger partial charge in [-0.05, 0) is 6.92 Å². The summed E-state index contributed by atoms with van der Waals surface area (Å²) in [7, 11) is 0. The van der Waals surface area contributed by atoms with E-state index in [1.54, 1.807) is 4.68 Å². The average Bonchev–Trinajstić information content (AvgIpc) is 2.50. The van der Waals surface area contributed by atoms with Crippen molar-refractivity contribution in [2.24, 2.45) is 5.73 Å². The van der Waals surface area contributed by atoms with Crippen LogP contribution in [0.3, 0.4) is 0 Å². The summed E-state index contributed by atoms with van der Waals surface area (Å²) in [5.41, 5.74) is 5.26. The molecule has 1 heterocycles. The topological polar surface area (TPSA) is 77.0 Å². The number of aliphatic hydroxyl groups is 1. The van der Waals surface area contributed by atoms with Crippen molar-refractivity contribution in [3.05, 3.63) is 12.2 Å². The van der Waals surface area contributed by atoms with E-state index < -0.39 is 6.10 Å². The molecule has 0 aliphatic heterocycles. The molecule has 0 aromatic carbocycles. The molecule has 1 aromatic heterocycles. The summed E-state index contributed by atoms with van der Waals surface area (Å²) in [6.45, 7) is 2.81. The third-order valence-corrected chi connectivity index (χ3v) is 1.47. The van der Waals surface area contributed by atoms with Crippen LogP contribution in [0.4, 0.5) is 0 Å². The molecule has 0 amide bonds. The Morgan fingerprint density at radius 2 is 2.55 bits per heavy atom. The summed E-state index contributed by atoms with van der Waals surface area (Å²) in [6, 6.07) is 0. The highest BCUT2D eigenvalue weighted by atomic mass is 16.3. The molecule has 1 rings (SSSR count). The smallest absolute Gasteiger partial charge is 0.157 e. The van der Waals surface area contributed by atoms with E-state index in [9.17, 15) is 5.11 Å². The van der Waals surface area contributed by atoms with Gasteiger partial charge in [0.1, 0.15) is 12.4 Å². The van der Waals surface area contributed by atoms with Crippen molar-refractivity contribution in [1.82, 2.24) is 14.8 Å². The first-order valence-corrected chi connectivity index (χ1v) is 3.55. The highest BCUT2D eigenvalue weighted by Crippen LogP contribution is 2.05. The lowest BCUT2D eigenvalue weighted by molar-refractivity contribution is 0.170. The van der Waals surface area contributed by atoms with Gasteiger partial charge in [-0.25, -0.2) is 9.67 Å². The SMILES string of the molecule is CCn1ncnc1C(O)CN. The molecule has 0 fully saturated rings. The molecule has 0 spiro atoms. The third kappa shape index (κ3) is 1.55. The standard InChI is InChI=1S/C6H12N4O/c1-2-10-6(5(11)3-7)8-4-9-10/h4-5,11H,2-3,7H2,1H3. The first kappa shape index (κ1) is 8.16. The fourth-order valence-corrected chi connectivity index (χ4v) is 0.880. The van der Waals surface area contributed by atoms with E-state index in [4.69, 9.17) is 5.73 Å². The monoisotopic (exact) mass is 156 g/mol. The zero-order valence-electron chi connectivity index (χ0n) is 6.44. The largest absolute Gasteiger partial charge is 0.384 e. The van der Waals surface area contributed by atoms with Crippen LogP contribution in [-0.2, 0) is 6.54 Å². The van der Waals surface area contributed by atoms with Crippen LogP contribution in [0.1, 0.15) is 18.9 Å². The molecule has 62 valence electrons. The predicted molar refractivity (Wildman–Crippen MR) is 39.7 cm³/mol. The molecule has 0 saturated carbocycles. The number of aliphatic hydroxyl groups excluding tert-OH is 1. The van der Waals surface area contributed by atoms with E-state index >= 15 is 0 Å². The maximum absolute atomic E-state index is 9.28. The first-order valence-electron chi connectivity index (χ1n) is 3.55. The number of aryl methyl sites for hydroxylation is 1. The molecule has 0 bridgehead atoms. The van der Waals surface area contributed by atoms with Crippen LogP contribution in [0.2, 0.25) is 0 Å². The van der Waals surface area contributed by atoms with Gasteiger partial charge >= 0.3 is 0 Å². The maximum Gasteiger partial charge on any atom is 0.157 e. The van der Waals surface area contributed by atoms with E-state index in [-0.39, 0.29) is 6.54 Å². The van der Waals surface area contributed by atoms with Crippen LogP contribution >= 0.6 is 0 Å². The minimum Gasteiger partial charge on any atom is -0.384 e. The van der Waals surface area contributed by atoms with Gasteiger partial charge in [-0.15, -0.1) is 0 Å². The Hall–Kier alpha value is -0.940. The minimum absolute atomic E-state index is 0.179. The van der Waals surface area contributed by atoms with Crippen molar-refractivity contribution in [3.8, 4) is 0 Å². The average molecular weight is 156 g/mol. The number of rotatable bonds is 3. The Balaban J connectivity index is 2.83. The third-order valence-electron chi connectivity index (χ3n) is 1.47. The van der Waals surface area contributed by atoms with Gasteiger partial charge in [-0.1, -0.05) is 0 Å². The summed E-state index contributed by atoms with van der Waals surface area (Å²) in [5, 5.41) is 13.2. The van der Waals surface area contributed by atoms with Crippen LogP contribution in [-0.4, -0.2) is 26.4 Å². The number of nitrogens with zero attached hydrogens (tertiary/aromatic N) is 3. The molecule has 5 nitrogen and oxygen atoms in total. The molecule has 1 aromatic rings. The minimum atomic E-state index is -0.697. The van der Waals surface area contributed by atoms with Crippen molar-refractivity contribution in [3.63, 3.8) is 0 Å². The van der Waals surface area contributed by atoms with Gasteiger partial charge in [0.15, 0.2) is 5.82 Å². The van der Waals surface area contributed by atoms with Crippen molar-refractivity contribution < 1.29 is 5.11 Å². The summed E-state index contributed by atoms with van der Waals surface area (Å²) < 4.78 is 1.62. The van der Waals surface area contributed by atoms with Crippen molar-refractivity contribution in [2.45, 2.75) is 19.6 Å². The van der Waals surface area contributed by atoms with Gasteiger partial charge in [0.25, 0.3) is 0 Å². The van der Waals surface area contributed by atoms with E-state index in [2.05, 4.69) is 10.1 Å². The van der Waals surface area contributed by atoms with Crippen molar-refractivity contribution >= 4 is 0 Å². The number of nitrogens with two attached hydrogens (primary N) is 1. The van der Waals surface area contributed by atoms with Gasteiger partial charge in [0.05, 0.1) is 0 Å². The van der Waals surface area contributed by atoms with Crippen LogP contribution in [0, 0.1) is 0 Å². The molecule has 1 atom stereocenters. The van der Waals surface area contributed by atoms with Crippen molar-refractivity contribution in [2.75, 3.05) is 6.54 Å². The second kappa shape index (κ2) is 3.45. The Morgan fingerprint density at radius 1 is 1.82 bits per heavy atom. The lowest BCUT2D eigenvalue weighted by Crippen LogP contribution is -2.17. The lowest BCUT2D eigenvalue weighted by atomic mass is 10.3. The molecule has 1 unspecified atom stereocenters. The second-order valence-electron chi connectivity index (χ2n) is 2.19. The summed E-state index contributed by atoms with van der Waals surface area (Å²) in [4.78, 5) is 3.88. The second-order valence-corrected chi connectivity index (χ2v) is 2.19. The fraction of sp³-hybridized carbons (Fsp3) is 0.667. The molecule has 3 N–H and O–H groups in total. The lowest BCUT2D eigenvalue weighted by Gasteiger charge is -2.06. The molecule has 11 heavy (non-hydrogen) atoms. The van der Waals surface area contributed by atoms with Crippen LogP contribution in [0.15, 0.2) is 6.33 Å². The fourth-order valence-electron chi connectivity index (χ4n) is 0.880. The maximum atomic E-state index is 9.28. The quantitative estimate of drug-likeness (QED) is 0.606. The molecule has 0 aliphatic rings. The Morgan fingerprint density at radius 3 is 3.09 bits per heavy atom. The number of hydrogen-bond acceptors (Lipinski definition) is 4. The Labute approximate surface area is 64.9 Å². The molecular formula is C6H12N4O. The summed E-state index contributed by atoms with van der Waals surface area (Å²) in [5.74, 6) is 0.537. The van der Waals surface area contributed by atoms with E-state index in [1.165, 1.54) is 6.33 Å². The molecule has 0 saturated heterocycles. The molecule has 0 aliphatic carbocycles. The van der Waals surface area contributed by atoms with Gasteiger partial charge in [0.2, 0.25) is 0 Å². The molecule has 0 radical (unpaired) electrons. The van der Waals surface area contributed by atoms with Crippen LogP contribution in [0.5, 0.6) is 0 Å². The molecule has 5 heteroatoms. The zero-order valence-corrected chi connectivity index (χ0v) is 6.44. The summed E-state index contributed by atoms with van der Waals surface area (Å²) >= 11 is 0. The van der Waals surface area contributed by atoms with Gasteiger partial charge in [-0.2, -0.15) is 5.10 Å². The normalized spacial score (nSPS) is 13.4. The van der Waals surface area contributed by atoms with Crippen LogP contribution < -0.4 is 5.73 Å². The summed E-state index contributed by atoms with van der Waals surface area (Å²) in [6.07, 6.45) is 0.718. The highest BCUT2D eigenvalue weighted by Gasteiger charge is 2.11. The van der Waals surface area contributed by atoms with Crippen LogP contribution in [0.25, 0.3) is 0 Å².